The number of fused-ring (bicyclic) bond motifs is 1. The molecule has 86 valence electrons. The van der Waals surface area contributed by atoms with Gasteiger partial charge in [-0.1, -0.05) is 0 Å². The molecule has 2 fully saturated rings. The first-order valence-corrected chi connectivity index (χ1v) is 6.73. The van der Waals surface area contributed by atoms with Crippen molar-refractivity contribution >= 4 is 21.7 Å². The van der Waals surface area contributed by atoms with Gasteiger partial charge in [0.2, 0.25) is 0 Å². The standard InChI is InChI=1S/C12H16BrN3/c13-10-2-1-5-15-12(10)16-7-4-11-9(8-16)3-6-14-11/h1-2,5,9,11,14H,3-4,6-8H2. The number of pyridine rings is 1. The van der Waals surface area contributed by atoms with Crippen LogP contribution in [0.4, 0.5) is 5.82 Å². The molecule has 0 spiro atoms. The Morgan fingerprint density at radius 3 is 3.25 bits per heavy atom. The summed E-state index contributed by atoms with van der Waals surface area (Å²) in [6.07, 6.45) is 4.43. The fourth-order valence-corrected chi connectivity index (χ4v) is 3.36. The van der Waals surface area contributed by atoms with Crippen LogP contribution in [0.15, 0.2) is 22.8 Å². The van der Waals surface area contributed by atoms with E-state index in [4.69, 9.17) is 0 Å². The minimum Gasteiger partial charge on any atom is -0.355 e. The molecule has 0 radical (unpaired) electrons. The van der Waals surface area contributed by atoms with Crippen LogP contribution in [0.25, 0.3) is 0 Å². The minimum atomic E-state index is 0.749. The van der Waals surface area contributed by atoms with E-state index in [0.717, 1.165) is 35.3 Å². The predicted molar refractivity (Wildman–Crippen MR) is 68.7 cm³/mol. The lowest BCUT2D eigenvalue weighted by atomic mass is 9.93. The number of rotatable bonds is 1. The van der Waals surface area contributed by atoms with E-state index in [-0.39, 0.29) is 0 Å². The molecule has 3 heterocycles. The second kappa shape index (κ2) is 4.34. The second-order valence-corrected chi connectivity index (χ2v) is 5.51. The fraction of sp³-hybridized carbons (Fsp3) is 0.583. The van der Waals surface area contributed by atoms with Gasteiger partial charge in [-0.3, -0.25) is 0 Å². The van der Waals surface area contributed by atoms with Crippen molar-refractivity contribution in [1.82, 2.24) is 10.3 Å². The molecule has 0 amide bonds. The van der Waals surface area contributed by atoms with Gasteiger partial charge in [0.15, 0.2) is 0 Å². The van der Waals surface area contributed by atoms with Crippen LogP contribution in [0, 0.1) is 5.92 Å². The number of hydrogen-bond acceptors (Lipinski definition) is 3. The van der Waals surface area contributed by atoms with Crippen LogP contribution < -0.4 is 10.2 Å². The molecular weight excluding hydrogens is 266 g/mol. The lowest BCUT2D eigenvalue weighted by Crippen LogP contribution is -2.44. The molecule has 2 aliphatic heterocycles. The van der Waals surface area contributed by atoms with Gasteiger partial charge in [0.25, 0.3) is 0 Å². The predicted octanol–water partition coefficient (Wildman–Crippen LogP) is 2.03. The summed E-state index contributed by atoms with van der Waals surface area (Å²) in [4.78, 5) is 6.89. The highest BCUT2D eigenvalue weighted by Gasteiger charge is 2.33. The summed E-state index contributed by atoms with van der Waals surface area (Å²) in [5.41, 5.74) is 0. The summed E-state index contributed by atoms with van der Waals surface area (Å²) < 4.78 is 1.11. The minimum absolute atomic E-state index is 0.749. The molecule has 1 N–H and O–H groups in total. The van der Waals surface area contributed by atoms with Gasteiger partial charge in [-0.05, 0) is 53.4 Å². The van der Waals surface area contributed by atoms with Crippen molar-refractivity contribution in [3.05, 3.63) is 22.8 Å². The van der Waals surface area contributed by atoms with E-state index in [1.54, 1.807) is 0 Å². The quantitative estimate of drug-likeness (QED) is 0.854. The summed E-state index contributed by atoms with van der Waals surface area (Å²) in [6, 6.07) is 4.79. The number of halogens is 1. The Hall–Kier alpha value is -0.610. The summed E-state index contributed by atoms with van der Waals surface area (Å²) >= 11 is 3.58. The second-order valence-electron chi connectivity index (χ2n) is 4.65. The van der Waals surface area contributed by atoms with Crippen molar-refractivity contribution in [2.45, 2.75) is 18.9 Å². The maximum absolute atomic E-state index is 4.47. The average molecular weight is 282 g/mol. The number of anilines is 1. The van der Waals surface area contributed by atoms with Crippen molar-refractivity contribution in [2.24, 2.45) is 5.92 Å². The highest BCUT2D eigenvalue weighted by Crippen LogP contribution is 2.30. The molecule has 2 saturated heterocycles. The average Bonchev–Trinajstić information content (AvgIpc) is 2.76. The van der Waals surface area contributed by atoms with Gasteiger partial charge in [0, 0.05) is 25.3 Å². The summed E-state index contributed by atoms with van der Waals surface area (Å²) in [5.74, 6) is 1.91. The van der Waals surface area contributed by atoms with Crippen LogP contribution in [0.1, 0.15) is 12.8 Å². The third-order valence-corrected chi connectivity index (χ3v) is 4.31. The van der Waals surface area contributed by atoms with Gasteiger partial charge in [-0.2, -0.15) is 0 Å². The van der Waals surface area contributed by atoms with Gasteiger partial charge < -0.3 is 10.2 Å². The fourth-order valence-electron chi connectivity index (χ4n) is 2.85. The zero-order valence-electron chi connectivity index (χ0n) is 9.19. The highest BCUT2D eigenvalue weighted by atomic mass is 79.9. The van der Waals surface area contributed by atoms with Gasteiger partial charge in [-0.25, -0.2) is 4.98 Å². The zero-order valence-corrected chi connectivity index (χ0v) is 10.8. The lowest BCUT2D eigenvalue weighted by molar-refractivity contribution is 0.374. The number of nitrogens with zero attached hydrogens (tertiary/aromatic N) is 2. The van der Waals surface area contributed by atoms with E-state index in [1.807, 2.05) is 12.3 Å². The van der Waals surface area contributed by atoms with E-state index in [1.165, 1.54) is 19.4 Å². The molecule has 1 aromatic rings. The van der Waals surface area contributed by atoms with E-state index in [9.17, 15) is 0 Å². The van der Waals surface area contributed by atoms with Crippen molar-refractivity contribution in [3.8, 4) is 0 Å². The molecule has 0 aliphatic carbocycles. The monoisotopic (exact) mass is 281 g/mol. The van der Waals surface area contributed by atoms with Crippen molar-refractivity contribution < 1.29 is 0 Å². The van der Waals surface area contributed by atoms with E-state index < -0.39 is 0 Å². The molecule has 0 bridgehead atoms. The van der Waals surface area contributed by atoms with Gasteiger partial charge >= 0.3 is 0 Å². The van der Waals surface area contributed by atoms with E-state index in [2.05, 4.69) is 37.2 Å². The first-order valence-electron chi connectivity index (χ1n) is 5.93. The Morgan fingerprint density at radius 1 is 1.44 bits per heavy atom. The topological polar surface area (TPSA) is 28.2 Å². The molecule has 2 unspecified atom stereocenters. The van der Waals surface area contributed by atoms with Crippen LogP contribution in [-0.4, -0.2) is 30.7 Å². The van der Waals surface area contributed by atoms with Crippen molar-refractivity contribution in [2.75, 3.05) is 24.5 Å². The summed E-state index contributed by atoms with van der Waals surface area (Å²) in [7, 11) is 0. The third-order valence-electron chi connectivity index (χ3n) is 3.69. The summed E-state index contributed by atoms with van der Waals surface area (Å²) in [6.45, 7) is 3.45. The van der Waals surface area contributed by atoms with Gasteiger partial charge in [-0.15, -0.1) is 0 Å². The van der Waals surface area contributed by atoms with Crippen LogP contribution in [-0.2, 0) is 0 Å². The molecule has 3 rings (SSSR count). The van der Waals surface area contributed by atoms with Crippen LogP contribution in [0.5, 0.6) is 0 Å². The summed E-state index contributed by atoms with van der Waals surface area (Å²) in [5, 5.41) is 3.59. The van der Waals surface area contributed by atoms with Crippen LogP contribution in [0.2, 0.25) is 0 Å². The third kappa shape index (κ3) is 1.84. The normalized spacial score (nSPS) is 29.2. The highest BCUT2D eigenvalue weighted by molar-refractivity contribution is 9.10. The molecule has 2 aliphatic rings. The van der Waals surface area contributed by atoms with E-state index in [0.29, 0.717) is 0 Å². The maximum Gasteiger partial charge on any atom is 0.142 e. The van der Waals surface area contributed by atoms with Crippen molar-refractivity contribution in [1.29, 1.82) is 0 Å². The SMILES string of the molecule is Brc1cccnc1N1CCC2NCCC2C1. The number of hydrogen-bond donors (Lipinski definition) is 1. The van der Waals surface area contributed by atoms with Crippen LogP contribution >= 0.6 is 15.9 Å². The molecule has 4 heteroatoms. The first kappa shape index (κ1) is 10.5. The molecule has 0 aromatic carbocycles. The Kier molecular flexibility index (Phi) is 2.86. The molecule has 16 heavy (non-hydrogen) atoms. The molecule has 0 saturated carbocycles. The first-order chi connectivity index (χ1) is 7.84. The Morgan fingerprint density at radius 2 is 2.38 bits per heavy atom. The van der Waals surface area contributed by atoms with Gasteiger partial charge in [0.1, 0.15) is 5.82 Å². The Bertz CT molecular complexity index is 382. The molecular formula is C12H16BrN3. The van der Waals surface area contributed by atoms with Crippen LogP contribution in [0.3, 0.4) is 0 Å². The number of piperidine rings is 1. The Balaban J connectivity index is 1.79. The zero-order chi connectivity index (χ0) is 11.0. The number of aromatic nitrogens is 1. The van der Waals surface area contributed by atoms with Gasteiger partial charge in [0.05, 0.1) is 4.47 Å². The molecule has 1 aromatic heterocycles. The van der Waals surface area contributed by atoms with E-state index >= 15 is 0 Å². The smallest absolute Gasteiger partial charge is 0.142 e. The molecule has 2 atom stereocenters. The largest absolute Gasteiger partial charge is 0.355 e. The lowest BCUT2D eigenvalue weighted by Gasteiger charge is -2.36. The number of nitrogens with one attached hydrogen (secondary N) is 1. The maximum atomic E-state index is 4.47. The van der Waals surface area contributed by atoms with Crippen molar-refractivity contribution in [3.63, 3.8) is 0 Å². The Labute approximate surface area is 104 Å². The molecule has 3 nitrogen and oxygen atoms in total.